The molecule has 25 heavy (non-hydrogen) atoms. The number of ether oxygens (including phenoxy) is 2. The van der Waals surface area contributed by atoms with Crippen molar-refractivity contribution >= 4 is 24.0 Å². The van der Waals surface area contributed by atoms with E-state index in [9.17, 15) is 4.79 Å². The highest BCUT2D eigenvalue weighted by atomic mass is 35.5. The van der Waals surface area contributed by atoms with Crippen LogP contribution in [-0.2, 0) is 17.9 Å². The number of hydrogen-bond acceptors (Lipinski definition) is 8. The highest BCUT2D eigenvalue weighted by molar-refractivity contribution is 5.92. The summed E-state index contributed by atoms with van der Waals surface area (Å²) < 4.78 is 15.3. The van der Waals surface area contributed by atoms with E-state index in [0.717, 1.165) is 0 Å². The lowest BCUT2D eigenvalue weighted by Gasteiger charge is -2.15. The Hall–Kier alpha value is -2.36. The molecule has 0 unspecified atom stereocenters. The molecule has 1 aromatic carbocycles. The Labute approximate surface area is 151 Å². The maximum absolute atomic E-state index is 12.2. The van der Waals surface area contributed by atoms with Crippen LogP contribution in [0.1, 0.15) is 11.7 Å². The van der Waals surface area contributed by atoms with Gasteiger partial charge in [0.2, 0.25) is 11.8 Å². The van der Waals surface area contributed by atoms with Crippen molar-refractivity contribution in [2.75, 3.05) is 33.1 Å². The second kappa shape index (κ2) is 9.82. The summed E-state index contributed by atoms with van der Waals surface area (Å²) in [5.74, 6) is 1.86. The van der Waals surface area contributed by atoms with Crippen molar-refractivity contribution in [2.45, 2.75) is 13.1 Å². The molecule has 10 heteroatoms. The second-order valence-corrected chi connectivity index (χ2v) is 5.13. The van der Waals surface area contributed by atoms with Crippen molar-refractivity contribution in [1.29, 1.82) is 0 Å². The van der Waals surface area contributed by atoms with Crippen LogP contribution < -0.4 is 20.5 Å². The molecule has 0 saturated heterocycles. The van der Waals surface area contributed by atoms with Crippen molar-refractivity contribution in [3.63, 3.8) is 0 Å². The van der Waals surface area contributed by atoms with Gasteiger partial charge in [-0.25, -0.2) is 0 Å². The van der Waals surface area contributed by atoms with Gasteiger partial charge < -0.3 is 25.0 Å². The molecule has 2 aromatic rings. The Morgan fingerprint density at radius 1 is 1.28 bits per heavy atom. The van der Waals surface area contributed by atoms with Crippen LogP contribution in [0.5, 0.6) is 11.5 Å². The first-order valence-corrected chi connectivity index (χ1v) is 7.27. The first kappa shape index (κ1) is 20.7. The third kappa shape index (κ3) is 6.22. The molecule has 3 N–H and O–H groups in total. The van der Waals surface area contributed by atoms with E-state index in [1.54, 1.807) is 44.4 Å². The summed E-state index contributed by atoms with van der Waals surface area (Å²) in [5, 5.41) is 6.59. The van der Waals surface area contributed by atoms with Gasteiger partial charge in [-0.15, -0.1) is 12.4 Å². The predicted octanol–water partition coefficient (Wildman–Crippen LogP) is 1.04. The van der Waals surface area contributed by atoms with Crippen molar-refractivity contribution in [2.24, 2.45) is 5.73 Å². The number of carbonyl (C=O) groups is 1. The molecule has 0 radical (unpaired) electrons. The number of anilines is 1. The predicted molar refractivity (Wildman–Crippen MR) is 93.9 cm³/mol. The van der Waals surface area contributed by atoms with Gasteiger partial charge in [-0.2, -0.15) is 4.98 Å². The van der Waals surface area contributed by atoms with Gasteiger partial charge >= 0.3 is 0 Å². The third-order valence-corrected chi connectivity index (χ3v) is 3.14. The maximum Gasteiger partial charge on any atom is 0.240 e. The fourth-order valence-corrected chi connectivity index (χ4v) is 2.06. The lowest BCUT2D eigenvalue weighted by molar-refractivity contribution is -0.117. The van der Waals surface area contributed by atoms with Crippen molar-refractivity contribution in [3.8, 4) is 11.5 Å². The molecule has 0 bridgehead atoms. The molecule has 0 aliphatic heterocycles. The van der Waals surface area contributed by atoms with Gasteiger partial charge in [-0.3, -0.25) is 9.69 Å². The molecular weight excluding hydrogens is 350 g/mol. The van der Waals surface area contributed by atoms with Crippen molar-refractivity contribution in [1.82, 2.24) is 15.0 Å². The standard InChI is InChI=1S/C15H21N5O4.ClH/c1-20(8-13-18-15(7-16)24-19-13)9-14(21)17-10-4-11(22-2)6-12(5-10)23-3;/h4-6H,7-9,16H2,1-3H3,(H,17,21);1H. The molecule has 0 spiro atoms. The monoisotopic (exact) mass is 371 g/mol. The number of nitrogens with two attached hydrogens (primary N) is 1. The fraction of sp³-hybridized carbons (Fsp3) is 0.400. The number of benzene rings is 1. The lowest BCUT2D eigenvalue weighted by Crippen LogP contribution is -2.30. The van der Waals surface area contributed by atoms with Crippen LogP contribution in [0.15, 0.2) is 22.7 Å². The van der Waals surface area contributed by atoms with E-state index >= 15 is 0 Å². The minimum Gasteiger partial charge on any atom is -0.497 e. The topological polar surface area (TPSA) is 116 Å². The highest BCUT2D eigenvalue weighted by Crippen LogP contribution is 2.25. The summed E-state index contributed by atoms with van der Waals surface area (Å²) in [7, 11) is 4.88. The van der Waals surface area contributed by atoms with Gasteiger partial charge in [-0.05, 0) is 7.05 Å². The zero-order valence-electron chi connectivity index (χ0n) is 14.3. The van der Waals surface area contributed by atoms with E-state index in [1.807, 2.05) is 0 Å². The Kier molecular flexibility index (Phi) is 8.12. The Morgan fingerprint density at radius 2 is 1.92 bits per heavy atom. The summed E-state index contributed by atoms with van der Waals surface area (Å²) in [6, 6.07) is 5.16. The minimum atomic E-state index is -0.185. The molecule has 9 nitrogen and oxygen atoms in total. The number of amides is 1. The average molecular weight is 372 g/mol. The Balaban J connectivity index is 0.00000312. The first-order valence-electron chi connectivity index (χ1n) is 7.27. The highest BCUT2D eigenvalue weighted by Gasteiger charge is 2.12. The zero-order chi connectivity index (χ0) is 17.5. The SMILES string of the molecule is COc1cc(NC(=O)CN(C)Cc2noc(CN)n2)cc(OC)c1.Cl. The maximum atomic E-state index is 12.2. The van der Waals surface area contributed by atoms with Gasteiger partial charge in [0, 0.05) is 23.9 Å². The van der Waals surface area contributed by atoms with Crippen LogP contribution in [0.2, 0.25) is 0 Å². The first-order chi connectivity index (χ1) is 11.5. The molecule has 0 aliphatic carbocycles. The van der Waals surface area contributed by atoms with Gasteiger partial charge in [0.25, 0.3) is 0 Å². The van der Waals surface area contributed by atoms with Crippen LogP contribution in [0.4, 0.5) is 5.69 Å². The lowest BCUT2D eigenvalue weighted by atomic mass is 10.2. The van der Waals surface area contributed by atoms with Crippen molar-refractivity contribution in [3.05, 3.63) is 29.9 Å². The third-order valence-electron chi connectivity index (χ3n) is 3.14. The van der Waals surface area contributed by atoms with Crippen molar-refractivity contribution < 1.29 is 18.8 Å². The quantitative estimate of drug-likeness (QED) is 0.707. The summed E-state index contributed by atoms with van der Waals surface area (Å²) in [6.07, 6.45) is 0. The number of methoxy groups -OCH3 is 2. The summed E-state index contributed by atoms with van der Waals surface area (Å²) in [4.78, 5) is 18.0. The normalized spacial score (nSPS) is 10.3. The summed E-state index contributed by atoms with van der Waals surface area (Å²) in [5.41, 5.74) is 6.01. The smallest absolute Gasteiger partial charge is 0.240 e. The van der Waals surface area contributed by atoms with Crippen LogP contribution >= 0.6 is 12.4 Å². The molecule has 138 valence electrons. The van der Waals surface area contributed by atoms with E-state index in [2.05, 4.69) is 15.5 Å². The average Bonchev–Trinajstić information content (AvgIpc) is 3.01. The fourth-order valence-electron chi connectivity index (χ4n) is 2.06. The molecule has 0 saturated carbocycles. The molecule has 0 fully saturated rings. The van der Waals surface area contributed by atoms with E-state index in [4.69, 9.17) is 19.7 Å². The number of nitrogens with one attached hydrogen (secondary N) is 1. The summed E-state index contributed by atoms with van der Waals surface area (Å²) >= 11 is 0. The number of aromatic nitrogens is 2. The van der Waals surface area contributed by atoms with Crippen LogP contribution in [0.25, 0.3) is 0 Å². The number of rotatable bonds is 8. The van der Waals surface area contributed by atoms with E-state index in [1.165, 1.54) is 0 Å². The molecular formula is C15H22ClN5O4. The molecule has 2 rings (SSSR count). The minimum absolute atomic E-state index is 0. The number of halogens is 1. The zero-order valence-corrected chi connectivity index (χ0v) is 15.1. The van der Waals surface area contributed by atoms with Gasteiger partial charge in [0.15, 0.2) is 5.82 Å². The van der Waals surface area contributed by atoms with Gasteiger partial charge in [-0.1, -0.05) is 5.16 Å². The summed E-state index contributed by atoms with van der Waals surface area (Å²) in [6.45, 7) is 0.721. The molecule has 1 amide bonds. The van der Waals surface area contributed by atoms with E-state index < -0.39 is 0 Å². The largest absolute Gasteiger partial charge is 0.497 e. The van der Waals surface area contributed by atoms with Crippen LogP contribution in [0, 0.1) is 0 Å². The second-order valence-electron chi connectivity index (χ2n) is 5.13. The van der Waals surface area contributed by atoms with Gasteiger partial charge in [0.05, 0.1) is 33.9 Å². The molecule has 1 aromatic heterocycles. The molecule has 0 atom stereocenters. The number of likely N-dealkylation sites (N-methyl/N-ethyl adjacent to an activating group) is 1. The number of nitrogens with zero attached hydrogens (tertiary/aromatic N) is 3. The number of hydrogen-bond donors (Lipinski definition) is 2. The molecule has 1 heterocycles. The number of carbonyl (C=O) groups excluding carboxylic acids is 1. The van der Waals surface area contributed by atoms with E-state index in [0.29, 0.717) is 35.4 Å². The Bertz CT molecular complexity index is 672. The van der Waals surface area contributed by atoms with E-state index in [-0.39, 0.29) is 31.4 Å². The molecule has 0 aliphatic rings. The Morgan fingerprint density at radius 3 is 2.44 bits per heavy atom. The van der Waals surface area contributed by atoms with Gasteiger partial charge in [0.1, 0.15) is 11.5 Å². The van der Waals surface area contributed by atoms with Crippen LogP contribution in [0.3, 0.4) is 0 Å². The van der Waals surface area contributed by atoms with Crippen LogP contribution in [-0.4, -0.2) is 48.8 Å².